The summed E-state index contributed by atoms with van der Waals surface area (Å²) in [7, 11) is 0. The molecule has 4 heteroatoms. The van der Waals surface area contributed by atoms with Crippen molar-refractivity contribution in [2.45, 2.75) is 45.7 Å². The quantitative estimate of drug-likeness (QED) is 0.864. The lowest BCUT2D eigenvalue weighted by molar-refractivity contribution is 0.335. The Kier molecular flexibility index (Phi) is 4.05. The monoisotopic (exact) mass is 237 g/mol. The molecule has 1 fully saturated rings. The lowest BCUT2D eigenvalue weighted by atomic mass is 9.95. The van der Waals surface area contributed by atoms with E-state index in [2.05, 4.69) is 5.32 Å². The van der Waals surface area contributed by atoms with Gasteiger partial charge in [-0.25, -0.2) is 4.79 Å². The molecule has 0 unspecified atom stereocenters. The van der Waals surface area contributed by atoms with Gasteiger partial charge in [-0.2, -0.15) is 0 Å². The smallest absolute Gasteiger partial charge is 0.317 e. The Morgan fingerprint density at radius 1 is 1.35 bits per heavy atom. The molecule has 1 aliphatic heterocycles. The van der Waals surface area contributed by atoms with Crippen LogP contribution in [0.4, 0.5) is 0 Å². The third-order valence-electron chi connectivity index (χ3n) is 3.67. The average Bonchev–Trinajstić information content (AvgIpc) is 2.69. The van der Waals surface area contributed by atoms with Crippen molar-refractivity contribution in [2.24, 2.45) is 5.92 Å². The number of nitrogens with one attached hydrogen (secondary N) is 1. The molecule has 0 spiro atoms. The standard InChI is InChI=1S/C13H23N3O/c1-11(2)16-10-9-15(13(16)17)8-5-12-3-6-14-7-4-12/h9-12,14H,3-8H2,1-2H3. The maximum absolute atomic E-state index is 12.0. The molecule has 0 bridgehead atoms. The van der Waals surface area contributed by atoms with Gasteiger partial charge in [0.15, 0.2) is 0 Å². The van der Waals surface area contributed by atoms with Crippen LogP contribution < -0.4 is 11.0 Å². The Morgan fingerprint density at radius 2 is 2.06 bits per heavy atom. The van der Waals surface area contributed by atoms with Gasteiger partial charge in [-0.15, -0.1) is 0 Å². The number of aryl methyl sites for hydroxylation is 1. The van der Waals surface area contributed by atoms with Gasteiger partial charge in [0.25, 0.3) is 0 Å². The highest BCUT2D eigenvalue weighted by Gasteiger charge is 2.13. The number of rotatable bonds is 4. The van der Waals surface area contributed by atoms with E-state index >= 15 is 0 Å². The van der Waals surface area contributed by atoms with Crippen LogP contribution in [-0.2, 0) is 6.54 Å². The molecule has 1 aromatic heterocycles. The summed E-state index contributed by atoms with van der Waals surface area (Å²) in [5.41, 5.74) is 0.133. The van der Waals surface area contributed by atoms with Crippen molar-refractivity contribution in [1.29, 1.82) is 0 Å². The van der Waals surface area contributed by atoms with E-state index in [1.165, 1.54) is 12.8 Å². The molecule has 0 aliphatic carbocycles. The summed E-state index contributed by atoms with van der Waals surface area (Å²) in [5.74, 6) is 0.783. The molecule has 0 aromatic carbocycles. The summed E-state index contributed by atoms with van der Waals surface area (Å²) in [6, 6.07) is 0.252. The number of hydrogen-bond acceptors (Lipinski definition) is 2. The van der Waals surface area contributed by atoms with Gasteiger partial charge in [0.1, 0.15) is 0 Å². The van der Waals surface area contributed by atoms with E-state index < -0.39 is 0 Å². The summed E-state index contributed by atoms with van der Waals surface area (Å²) in [4.78, 5) is 12.0. The second kappa shape index (κ2) is 5.54. The molecule has 2 heterocycles. The van der Waals surface area contributed by atoms with Gasteiger partial charge in [-0.1, -0.05) is 0 Å². The lowest BCUT2D eigenvalue weighted by Gasteiger charge is -2.22. The minimum atomic E-state index is 0.133. The third kappa shape index (κ3) is 3.00. The third-order valence-corrected chi connectivity index (χ3v) is 3.67. The van der Waals surface area contributed by atoms with Crippen LogP contribution in [0.15, 0.2) is 17.2 Å². The normalized spacial score (nSPS) is 17.8. The molecule has 17 heavy (non-hydrogen) atoms. The Labute approximate surface area is 103 Å². The Morgan fingerprint density at radius 3 is 2.65 bits per heavy atom. The van der Waals surface area contributed by atoms with Crippen LogP contribution in [0.5, 0.6) is 0 Å². The van der Waals surface area contributed by atoms with Crippen LogP contribution in [0.1, 0.15) is 39.2 Å². The SMILES string of the molecule is CC(C)n1ccn(CCC2CCNCC2)c1=O. The van der Waals surface area contributed by atoms with Crippen molar-refractivity contribution >= 4 is 0 Å². The molecule has 0 saturated carbocycles. The highest BCUT2D eigenvalue weighted by atomic mass is 16.1. The van der Waals surface area contributed by atoms with Gasteiger partial charge in [0.05, 0.1) is 0 Å². The van der Waals surface area contributed by atoms with E-state index in [1.54, 1.807) is 4.57 Å². The van der Waals surface area contributed by atoms with Crippen molar-refractivity contribution in [3.63, 3.8) is 0 Å². The van der Waals surface area contributed by atoms with Crippen LogP contribution in [-0.4, -0.2) is 22.2 Å². The highest BCUT2D eigenvalue weighted by Crippen LogP contribution is 2.16. The first kappa shape index (κ1) is 12.4. The molecule has 1 aliphatic rings. The first-order valence-corrected chi connectivity index (χ1v) is 6.66. The number of nitrogens with zero attached hydrogens (tertiary/aromatic N) is 2. The largest absolute Gasteiger partial charge is 0.328 e. The summed E-state index contributed by atoms with van der Waals surface area (Å²) < 4.78 is 3.64. The van der Waals surface area contributed by atoms with Gasteiger partial charge in [0.2, 0.25) is 0 Å². The number of imidazole rings is 1. The van der Waals surface area contributed by atoms with Gasteiger partial charge < -0.3 is 5.32 Å². The summed E-state index contributed by atoms with van der Waals surface area (Å²) in [5, 5.41) is 3.37. The number of piperidine rings is 1. The fraction of sp³-hybridized carbons (Fsp3) is 0.769. The molecule has 0 atom stereocenters. The van der Waals surface area contributed by atoms with Crippen molar-refractivity contribution in [2.75, 3.05) is 13.1 Å². The van der Waals surface area contributed by atoms with Gasteiger partial charge in [-0.05, 0) is 52.1 Å². The van der Waals surface area contributed by atoms with Gasteiger partial charge >= 0.3 is 5.69 Å². The van der Waals surface area contributed by atoms with Crippen LogP contribution in [0.25, 0.3) is 0 Å². The Hall–Kier alpha value is -1.03. The van der Waals surface area contributed by atoms with Crippen LogP contribution in [0.2, 0.25) is 0 Å². The van der Waals surface area contributed by atoms with Crippen molar-refractivity contribution < 1.29 is 0 Å². The van der Waals surface area contributed by atoms with Crippen LogP contribution in [0.3, 0.4) is 0 Å². The molecule has 0 radical (unpaired) electrons. The van der Waals surface area contributed by atoms with E-state index in [9.17, 15) is 4.79 Å². The van der Waals surface area contributed by atoms with E-state index in [0.29, 0.717) is 0 Å². The Balaban J connectivity index is 1.92. The van der Waals surface area contributed by atoms with Gasteiger partial charge in [0, 0.05) is 25.0 Å². The predicted octanol–water partition coefficient (Wildman–Crippen LogP) is 1.62. The van der Waals surface area contributed by atoms with Crippen molar-refractivity contribution in [3.05, 3.63) is 22.9 Å². The molecule has 0 amide bonds. The number of hydrogen-bond donors (Lipinski definition) is 1. The van der Waals surface area contributed by atoms with E-state index in [1.807, 2.05) is 30.8 Å². The summed E-state index contributed by atoms with van der Waals surface area (Å²) >= 11 is 0. The van der Waals surface area contributed by atoms with Crippen LogP contribution >= 0.6 is 0 Å². The Bertz CT molecular complexity index is 399. The zero-order valence-corrected chi connectivity index (χ0v) is 10.9. The zero-order chi connectivity index (χ0) is 12.3. The molecule has 4 nitrogen and oxygen atoms in total. The van der Waals surface area contributed by atoms with Gasteiger partial charge in [-0.3, -0.25) is 9.13 Å². The molecular weight excluding hydrogens is 214 g/mol. The summed E-state index contributed by atoms with van der Waals surface area (Å²) in [6.07, 6.45) is 7.45. The maximum Gasteiger partial charge on any atom is 0.328 e. The van der Waals surface area contributed by atoms with Crippen LogP contribution in [0, 0.1) is 5.92 Å². The summed E-state index contributed by atoms with van der Waals surface area (Å²) in [6.45, 7) is 7.21. The topological polar surface area (TPSA) is 39.0 Å². The lowest BCUT2D eigenvalue weighted by Crippen LogP contribution is -2.30. The molecule has 1 N–H and O–H groups in total. The first-order chi connectivity index (χ1) is 8.18. The van der Waals surface area contributed by atoms with E-state index in [4.69, 9.17) is 0 Å². The molecule has 96 valence electrons. The second-order valence-corrected chi connectivity index (χ2v) is 5.26. The minimum Gasteiger partial charge on any atom is -0.317 e. The number of aromatic nitrogens is 2. The minimum absolute atomic E-state index is 0.133. The average molecular weight is 237 g/mol. The van der Waals surface area contributed by atoms with E-state index in [0.717, 1.165) is 32.0 Å². The van der Waals surface area contributed by atoms with E-state index in [-0.39, 0.29) is 11.7 Å². The van der Waals surface area contributed by atoms with Crippen molar-refractivity contribution in [1.82, 2.24) is 14.5 Å². The fourth-order valence-electron chi connectivity index (χ4n) is 2.48. The molecular formula is C13H23N3O. The molecule has 2 rings (SSSR count). The zero-order valence-electron chi connectivity index (χ0n) is 10.9. The molecule has 1 aromatic rings. The maximum atomic E-state index is 12.0. The van der Waals surface area contributed by atoms with Crippen molar-refractivity contribution in [3.8, 4) is 0 Å². The fourth-order valence-corrected chi connectivity index (χ4v) is 2.48. The molecule has 1 saturated heterocycles. The second-order valence-electron chi connectivity index (χ2n) is 5.26. The predicted molar refractivity (Wildman–Crippen MR) is 69.3 cm³/mol. The highest BCUT2D eigenvalue weighted by molar-refractivity contribution is 4.84. The first-order valence-electron chi connectivity index (χ1n) is 6.66.